The molecule has 124 valence electrons. The van der Waals surface area contributed by atoms with Gasteiger partial charge in [-0.3, -0.25) is 4.90 Å². The van der Waals surface area contributed by atoms with E-state index in [1.54, 1.807) is 4.90 Å². The molecule has 5 nitrogen and oxygen atoms in total. The molecular weight excluding hydrogens is 318 g/mol. The zero-order valence-electron chi connectivity index (χ0n) is 12.2. The number of nitrogens with zero attached hydrogens (tertiary/aromatic N) is 1. The van der Waals surface area contributed by atoms with Gasteiger partial charge in [-0.15, -0.1) is 0 Å². The quantitative estimate of drug-likeness (QED) is 0.762. The summed E-state index contributed by atoms with van der Waals surface area (Å²) in [5.41, 5.74) is 0.195. The predicted molar refractivity (Wildman–Crippen MR) is 78.9 cm³/mol. The molecule has 0 radical (unpaired) electrons. The van der Waals surface area contributed by atoms with Crippen molar-refractivity contribution in [2.75, 3.05) is 39.9 Å². The number of methoxy groups -OCH3 is 1. The van der Waals surface area contributed by atoms with E-state index in [2.05, 4.69) is 5.32 Å². The number of aliphatic hydroxyl groups is 1. The Hall–Kier alpha value is -1.15. The highest BCUT2D eigenvalue weighted by atomic mass is 35.5. The molecule has 8 heteroatoms. The van der Waals surface area contributed by atoms with Gasteiger partial charge in [0.15, 0.2) is 11.5 Å². The fourth-order valence-corrected chi connectivity index (χ4v) is 2.87. The highest BCUT2D eigenvalue weighted by Gasteiger charge is 2.44. The number of nitrogens with one attached hydrogen (secondary N) is 1. The molecule has 1 aromatic rings. The summed E-state index contributed by atoms with van der Waals surface area (Å²) in [6, 6.07) is 1.28. The molecule has 1 heterocycles. The minimum absolute atomic E-state index is 0.0244. The van der Waals surface area contributed by atoms with Gasteiger partial charge in [0.25, 0.3) is 5.92 Å². The predicted octanol–water partition coefficient (Wildman–Crippen LogP) is 1.63. The van der Waals surface area contributed by atoms with Crippen LogP contribution in [0.2, 0.25) is 5.02 Å². The van der Waals surface area contributed by atoms with Gasteiger partial charge in [0.05, 0.1) is 12.1 Å². The van der Waals surface area contributed by atoms with E-state index in [9.17, 15) is 13.9 Å². The average molecular weight is 337 g/mol. The molecule has 3 N–H and O–H groups in total. The van der Waals surface area contributed by atoms with Crippen molar-refractivity contribution in [1.82, 2.24) is 10.2 Å². The van der Waals surface area contributed by atoms with E-state index in [1.165, 1.54) is 19.2 Å². The van der Waals surface area contributed by atoms with Crippen molar-refractivity contribution in [3.63, 3.8) is 0 Å². The van der Waals surface area contributed by atoms with Gasteiger partial charge in [-0.1, -0.05) is 11.6 Å². The molecule has 0 aliphatic carbocycles. The number of aromatic hydroxyl groups is 1. The molecule has 0 spiro atoms. The first-order valence-corrected chi connectivity index (χ1v) is 7.28. The molecule has 0 amide bonds. The monoisotopic (exact) mass is 336 g/mol. The van der Waals surface area contributed by atoms with E-state index in [4.69, 9.17) is 21.4 Å². The van der Waals surface area contributed by atoms with Crippen molar-refractivity contribution in [3.05, 3.63) is 22.7 Å². The molecule has 1 fully saturated rings. The second-order valence-electron chi connectivity index (χ2n) is 5.16. The topological polar surface area (TPSA) is 65.0 Å². The lowest BCUT2D eigenvalue weighted by Gasteiger charge is -2.38. The Balaban J connectivity index is 2.46. The van der Waals surface area contributed by atoms with Crippen molar-refractivity contribution in [2.24, 2.45) is 0 Å². The van der Waals surface area contributed by atoms with Crippen molar-refractivity contribution in [3.8, 4) is 11.5 Å². The molecule has 0 bridgehead atoms. The number of benzene rings is 1. The molecule has 22 heavy (non-hydrogen) atoms. The van der Waals surface area contributed by atoms with Crippen molar-refractivity contribution < 1.29 is 23.7 Å². The van der Waals surface area contributed by atoms with Crippen LogP contribution < -0.4 is 10.1 Å². The van der Waals surface area contributed by atoms with Crippen molar-refractivity contribution in [2.45, 2.75) is 12.0 Å². The number of phenolic OH excluding ortho intramolecular Hbond substituents is 1. The molecule has 1 aliphatic rings. The maximum Gasteiger partial charge on any atom is 0.289 e. The fourth-order valence-electron chi connectivity index (χ4n) is 2.66. The van der Waals surface area contributed by atoms with E-state index in [0.717, 1.165) is 0 Å². The highest BCUT2D eigenvalue weighted by Crippen LogP contribution is 2.42. The molecule has 0 unspecified atom stereocenters. The zero-order valence-corrected chi connectivity index (χ0v) is 12.9. The number of rotatable bonds is 5. The summed E-state index contributed by atoms with van der Waals surface area (Å²) in [4.78, 5) is 1.59. The Kier molecular flexibility index (Phi) is 5.44. The second-order valence-corrected chi connectivity index (χ2v) is 5.57. The van der Waals surface area contributed by atoms with Crippen molar-refractivity contribution >= 4 is 11.6 Å². The summed E-state index contributed by atoms with van der Waals surface area (Å²) in [5.74, 6) is -3.61. The van der Waals surface area contributed by atoms with Crippen LogP contribution in [0, 0.1) is 0 Å². The van der Waals surface area contributed by atoms with Gasteiger partial charge in [0, 0.05) is 26.2 Å². The number of alkyl halides is 2. The van der Waals surface area contributed by atoms with Gasteiger partial charge in [-0.05, 0) is 17.7 Å². The lowest BCUT2D eigenvalue weighted by atomic mass is 9.97. The Bertz CT molecular complexity index is 525. The normalized spacial score (nSPS) is 18.2. The SMILES string of the molecule is COc1cc([C@@H](N2CCNCC2)C(F)(F)CO)cc(Cl)c1O. The van der Waals surface area contributed by atoms with Gasteiger partial charge in [-0.2, -0.15) is 0 Å². The minimum Gasteiger partial charge on any atom is -0.503 e. The van der Waals surface area contributed by atoms with Crippen LogP contribution in [0.1, 0.15) is 11.6 Å². The third-order valence-corrected chi connectivity index (χ3v) is 4.00. The first-order chi connectivity index (χ1) is 10.4. The van der Waals surface area contributed by atoms with Crippen LogP contribution in [-0.2, 0) is 0 Å². The minimum atomic E-state index is -3.34. The maximum atomic E-state index is 14.3. The number of hydrogen-bond donors (Lipinski definition) is 3. The largest absolute Gasteiger partial charge is 0.503 e. The smallest absolute Gasteiger partial charge is 0.289 e. The lowest BCUT2D eigenvalue weighted by Crippen LogP contribution is -2.51. The summed E-state index contributed by atoms with van der Waals surface area (Å²) in [6.07, 6.45) is 0. The molecular formula is C14H19ClF2N2O3. The molecule has 0 saturated carbocycles. The number of hydrogen-bond acceptors (Lipinski definition) is 5. The van der Waals surface area contributed by atoms with Crippen LogP contribution in [0.25, 0.3) is 0 Å². The number of aliphatic hydroxyl groups excluding tert-OH is 1. The molecule has 1 saturated heterocycles. The third-order valence-electron chi connectivity index (χ3n) is 3.71. The van der Waals surface area contributed by atoms with E-state index in [1.807, 2.05) is 0 Å². The molecule has 0 aromatic heterocycles. The van der Waals surface area contributed by atoms with Crippen LogP contribution >= 0.6 is 11.6 Å². The maximum absolute atomic E-state index is 14.3. The fraction of sp³-hybridized carbons (Fsp3) is 0.571. The second kappa shape index (κ2) is 6.95. The highest BCUT2D eigenvalue weighted by molar-refractivity contribution is 6.32. The van der Waals surface area contributed by atoms with E-state index >= 15 is 0 Å². The number of phenols is 1. The first-order valence-electron chi connectivity index (χ1n) is 6.90. The zero-order chi connectivity index (χ0) is 16.3. The van der Waals surface area contributed by atoms with Gasteiger partial charge >= 0.3 is 0 Å². The van der Waals surface area contributed by atoms with Crippen molar-refractivity contribution in [1.29, 1.82) is 0 Å². The van der Waals surface area contributed by atoms with E-state index < -0.39 is 18.6 Å². The number of halogens is 3. The van der Waals surface area contributed by atoms with Gasteiger partial charge in [-0.25, -0.2) is 8.78 Å². The Morgan fingerprint density at radius 2 is 2.05 bits per heavy atom. The molecule has 2 rings (SSSR count). The summed E-state index contributed by atoms with van der Waals surface area (Å²) in [7, 11) is 1.32. The molecule has 1 aliphatic heterocycles. The third kappa shape index (κ3) is 3.43. The van der Waals surface area contributed by atoms with Crippen LogP contribution in [0.4, 0.5) is 8.78 Å². The first kappa shape index (κ1) is 17.2. The standard InChI is InChI=1S/C14H19ClF2N2O3/c1-22-11-7-9(6-10(15)12(11)21)13(14(16,17)8-20)19-4-2-18-3-5-19/h6-7,13,18,20-21H,2-5,8H2,1H3/t13-/m1/s1. The lowest BCUT2D eigenvalue weighted by molar-refractivity contribution is -0.118. The Labute approximate surface area is 132 Å². The number of ether oxygens (including phenoxy) is 1. The van der Waals surface area contributed by atoms with Crippen LogP contribution in [0.5, 0.6) is 11.5 Å². The molecule has 1 atom stereocenters. The van der Waals surface area contributed by atoms with E-state index in [0.29, 0.717) is 26.2 Å². The van der Waals surface area contributed by atoms with E-state index in [-0.39, 0.29) is 22.1 Å². The molecule has 1 aromatic carbocycles. The Morgan fingerprint density at radius 1 is 1.41 bits per heavy atom. The average Bonchev–Trinajstić information content (AvgIpc) is 2.51. The van der Waals surface area contributed by atoms with Crippen LogP contribution in [-0.4, -0.2) is 60.9 Å². The number of piperazine rings is 1. The summed E-state index contributed by atoms with van der Waals surface area (Å²) < 4.78 is 33.6. The van der Waals surface area contributed by atoms with Crippen LogP contribution in [0.3, 0.4) is 0 Å². The van der Waals surface area contributed by atoms with Gasteiger partial charge in [0.2, 0.25) is 0 Å². The van der Waals surface area contributed by atoms with Crippen LogP contribution in [0.15, 0.2) is 12.1 Å². The Morgan fingerprint density at radius 3 is 2.59 bits per heavy atom. The summed E-state index contributed by atoms with van der Waals surface area (Å²) in [5, 5.41) is 21.9. The summed E-state index contributed by atoms with van der Waals surface area (Å²) in [6.45, 7) is 0.729. The summed E-state index contributed by atoms with van der Waals surface area (Å²) >= 11 is 5.91. The van der Waals surface area contributed by atoms with Gasteiger partial charge in [0.1, 0.15) is 12.6 Å². The van der Waals surface area contributed by atoms with Gasteiger partial charge < -0.3 is 20.3 Å².